The number of amides is 3. The van der Waals surface area contributed by atoms with E-state index in [1.165, 1.54) is 24.6 Å². The van der Waals surface area contributed by atoms with Crippen LogP contribution in [0.2, 0.25) is 0 Å². The number of alkyl halides is 3. The number of aryl methyl sites for hydroxylation is 1. The van der Waals surface area contributed by atoms with Crippen LogP contribution in [0.15, 0.2) is 30.4 Å². The van der Waals surface area contributed by atoms with Gasteiger partial charge in [-0.3, -0.25) is 18.7 Å². The summed E-state index contributed by atoms with van der Waals surface area (Å²) < 4.78 is 54.3. The summed E-state index contributed by atoms with van der Waals surface area (Å²) in [6, 6.07) is 3.88. The summed E-state index contributed by atoms with van der Waals surface area (Å²) in [5, 5.41) is 3.43. The molecule has 9 nitrogen and oxygen atoms in total. The third kappa shape index (κ3) is 7.81. The number of fused-ring (bicyclic) bond motifs is 2. The Morgan fingerprint density at radius 3 is 2.57 bits per heavy atom. The van der Waals surface area contributed by atoms with Crippen molar-refractivity contribution in [3.63, 3.8) is 0 Å². The zero-order chi connectivity index (χ0) is 33.9. The lowest BCUT2D eigenvalue weighted by Gasteiger charge is -2.33. The number of carbonyl (C=O) groups is 3. The summed E-state index contributed by atoms with van der Waals surface area (Å²) in [7, 11) is 2.67. The van der Waals surface area contributed by atoms with Gasteiger partial charge in [0.1, 0.15) is 17.3 Å². The number of ether oxygens (including phenoxy) is 2. The van der Waals surface area contributed by atoms with E-state index in [-0.39, 0.29) is 48.0 Å². The smallest absolute Gasteiger partial charge is 0.437 e. The molecule has 3 unspecified atom stereocenters. The van der Waals surface area contributed by atoms with E-state index in [2.05, 4.69) is 23.1 Å². The van der Waals surface area contributed by atoms with E-state index in [0.717, 1.165) is 38.5 Å². The highest BCUT2D eigenvalue weighted by Gasteiger charge is 2.45. The Kier molecular flexibility index (Phi) is 10.6. The lowest BCUT2D eigenvalue weighted by Crippen LogP contribution is -2.59. The minimum Gasteiger partial charge on any atom is -0.497 e. The van der Waals surface area contributed by atoms with Gasteiger partial charge in [-0.15, -0.1) is 0 Å². The number of thiol groups is 1. The van der Waals surface area contributed by atoms with E-state index >= 15 is 0 Å². The highest BCUT2D eigenvalue weighted by molar-refractivity contribution is 7.78. The predicted octanol–water partition coefficient (Wildman–Crippen LogP) is 6.04. The van der Waals surface area contributed by atoms with Crippen molar-refractivity contribution in [1.82, 2.24) is 19.5 Å². The average molecular weight is 677 g/mol. The minimum absolute atomic E-state index is 0.0223. The van der Waals surface area contributed by atoms with Crippen LogP contribution in [0.1, 0.15) is 82.4 Å². The van der Waals surface area contributed by atoms with Crippen molar-refractivity contribution in [2.75, 3.05) is 20.8 Å². The van der Waals surface area contributed by atoms with Gasteiger partial charge >= 0.3 is 6.18 Å². The van der Waals surface area contributed by atoms with Gasteiger partial charge in [-0.05, 0) is 82.4 Å². The SMILES string of the molecule is COc1ccc2nc(C(F)(F)F)c(OC)c(CCC3CC4C(=O)NC(C)(C(=O)N(S)C5CC5)C=CCCCCCCC(=O)N4C3)c2c1. The molecule has 2 aromatic rings. The second kappa shape index (κ2) is 14.3. The van der Waals surface area contributed by atoms with Crippen LogP contribution in [0.5, 0.6) is 11.5 Å². The molecule has 3 heterocycles. The Balaban J connectivity index is 1.43. The monoisotopic (exact) mass is 676 g/mol. The van der Waals surface area contributed by atoms with E-state index in [1.54, 1.807) is 30.0 Å². The van der Waals surface area contributed by atoms with Crippen molar-refractivity contribution < 1.29 is 37.0 Å². The maximum atomic E-state index is 14.1. The van der Waals surface area contributed by atoms with Gasteiger partial charge in [0.15, 0.2) is 11.4 Å². The average Bonchev–Trinajstić information content (AvgIpc) is 3.80. The second-order valence-corrected chi connectivity index (χ2v) is 13.4. The van der Waals surface area contributed by atoms with Gasteiger partial charge in [0.2, 0.25) is 11.8 Å². The summed E-state index contributed by atoms with van der Waals surface area (Å²) in [4.78, 5) is 46.5. The Bertz CT molecular complexity index is 1530. The Labute approximate surface area is 278 Å². The van der Waals surface area contributed by atoms with Gasteiger partial charge in [0, 0.05) is 30.0 Å². The second-order valence-electron chi connectivity index (χ2n) is 13.0. The highest BCUT2D eigenvalue weighted by atomic mass is 32.1. The number of nitrogens with zero attached hydrogens (tertiary/aromatic N) is 3. The zero-order valence-corrected chi connectivity index (χ0v) is 28.0. The molecule has 3 atom stereocenters. The van der Waals surface area contributed by atoms with Crippen molar-refractivity contribution in [2.45, 2.75) is 101 Å². The summed E-state index contributed by atoms with van der Waals surface area (Å²) in [5.74, 6) is -0.987. The number of rotatable bonds is 7. The number of hydrogen-bond donors (Lipinski definition) is 2. The third-order valence-electron chi connectivity index (χ3n) is 9.43. The van der Waals surface area contributed by atoms with Gasteiger partial charge in [-0.2, -0.15) is 13.2 Å². The Hall–Kier alpha value is -3.48. The molecule has 1 N–H and O–H groups in total. The molecule has 1 saturated carbocycles. The number of halogens is 3. The largest absolute Gasteiger partial charge is 0.497 e. The molecule has 3 amide bonds. The lowest BCUT2D eigenvalue weighted by atomic mass is 9.93. The number of allylic oxidation sites excluding steroid dienone is 1. The molecular formula is C34H43F3N4O5S. The molecule has 0 bridgehead atoms. The number of pyridine rings is 1. The molecule has 2 aliphatic heterocycles. The maximum Gasteiger partial charge on any atom is 0.437 e. The predicted molar refractivity (Wildman–Crippen MR) is 174 cm³/mol. The van der Waals surface area contributed by atoms with Crippen LogP contribution in [0, 0.1) is 5.92 Å². The molecule has 1 aromatic heterocycles. The Morgan fingerprint density at radius 1 is 1.15 bits per heavy atom. The first-order valence-electron chi connectivity index (χ1n) is 16.3. The number of aromatic nitrogens is 1. The van der Waals surface area contributed by atoms with Crippen molar-refractivity contribution >= 4 is 41.4 Å². The van der Waals surface area contributed by atoms with Crippen LogP contribution in [-0.4, -0.2) is 70.3 Å². The standard InChI is InChI=1S/C34H43F3N4O5S/c1-33(32(44)41(47)22-12-13-22)17-9-7-5-4-6-8-10-28(42)40-20-21(18-27(40)31(43)39-33)11-15-24-25-19-23(45-2)14-16-26(25)38-30(29(24)46-3)34(35,36)37/h9,14,16-17,19,21-22,27,47H,4-8,10-13,15,18,20H2,1-3H3,(H,39,43). The summed E-state index contributed by atoms with van der Waals surface area (Å²) in [6.07, 6.45) is 5.96. The maximum absolute atomic E-state index is 14.1. The topological polar surface area (TPSA) is 101 Å². The van der Waals surface area contributed by atoms with E-state index in [1.807, 2.05) is 6.08 Å². The fraction of sp³-hybridized carbons (Fsp3) is 0.588. The number of methoxy groups -OCH3 is 2. The van der Waals surface area contributed by atoms with Gasteiger partial charge in [0.25, 0.3) is 5.91 Å². The zero-order valence-electron chi connectivity index (χ0n) is 27.1. The molecule has 47 heavy (non-hydrogen) atoms. The molecule has 1 aliphatic carbocycles. The van der Waals surface area contributed by atoms with E-state index < -0.39 is 29.4 Å². The molecule has 0 spiro atoms. The van der Waals surface area contributed by atoms with Gasteiger partial charge in [0.05, 0.1) is 19.7 Å². The minimum atomic E-state index is -4.74. The quantitative estimate of drug-likeness (QED) is 0.274. The van der Waals surface area contributed by atoms with E-state index in [4.69, 9.17) is 9.47 Å². The Morgan fingerprint density at radius 2 is 1.89 bits per heavy atom. The fourth-order valence-electron chi connectivity index (χ4n) is 6.67. The summed E-state index contributed by atoms with van der Waals surface area (Å²) in [5.41, 5.74) is -1.96. The summed E-state index contributed by atoms with van der Waals surface area (Å²) in [6.45, 7) is 1.94. The van der Waals surface area contributed by atoms with Crippen molar-refractivity contribution in [2.24, 2.45) is 5.92 Å². The fourth-order valence-corrected chi connectivity index (χ4v) is 7.10. The van der Waals surface area contributed by atoms with Gasteiger partial charge in [-0.1, -0.05) is 37.8 Å². The molecule has 5 rings (SSSR count). The van der Waals surface area contributed by atoms with Crippen LogP contribution in [0.4, 0.5) is 13.2 Å². The van der Waals surface area contributed by atoms with Crippen LogP contribution in [0.25, 0.3) is 10.9 Å². The molecule has 3 aliphatic rings. The number of benzene rings is 1. The van der Waals surface area contributed by atoms with Crippen LogP contribution < -0.4 is 14.8 Å². The van der Waals surface area contributed by atoms with Crippen molar-refractivity contribution in [3.8, 4) is 11.5 Å². The normalized spacial score (nSPS) is 24.4. The number of hydrogen-bond acceptors (Lipinski definition) is 7. The van der Waals surface area contributed by atoms with Gasteiger partial charge < -0.3 is 19.7 Å². The molecular weight excluding hydrogens is 633 g/mol. The van der Waals surface area contributed by atoms with Crippen LogP contribution >= 0.6 is 12.8 Å². The molecule has 256 valence electrons. The van der Waals surface area contributed by atoms with Crippen LogP contribution in [-0.2, 0) is 27.0 Å². The molecule has 1 aromatic carbocycles. The number of carbonyl (C=O) groups excluding carboxylic acids is 3. The van der Waals surface area contributed by atoms with Crippen LogP contribution in [0.3, 0.4) is 0 Å². The molecule has 2 fully saturated rings. The summed E-state index contributed by atoms with van der Waals surface area (Å²) >= 11 is 4.44. The molecule has 0 radical (unpaired) electrons. The first-order valence-corrected chi connectivity index (χ1v) is 16.7. The van der Waals surface area contributed by atoms with Crippen molar-refractivity contribution in [3.05, 3.63) is 41.6 Å². The molecule has 13 heteroatoms. The molecule has 1 saturated heterocycles. The van der Waals surface area contributed by atoms with Gasteiger partial charge in [-0.25, -0.2) is 4.98 Å². The van der Waals surface area contributed by atoms with Crippen molar-refractivity contribution in [1.29, 1.82) is 0 Å². The third-order valence-corrected chi connectivity index (χ3v) is 9.94. The van der Waals surface area contributed by atoms with E-state index in [9.17, 15) is 27.6 Å². The first-order chi connectivity index (χ1) is 22.4. The first kappa shape index (κ1) is 34.8. The number of nitrogens with one attached hydrogen (secondary N) is 1. The highest BCUT2D eigenvalue weighted by Crippen LogP contribution is 2.42. The van der Waals surface area contributed by atoms with E-state index in [0.29, 0.717) is 42.4 Å². The lowest BCUT2D eigenvalue weighted by molar-refractivity contribution is -0.142.